The third kappa shape index (κ3) is 5.62. The van der Waals surface area contributed by atoms with E-state index in [4.69, 9.17) is 9.84 Å². The van der Waals surface area contributed by atoms with Crippen LogP contribution in [0.25, 0.3) is 0 Å². The Labute approximate surface area is 276 Å². The minimum absolute atomic E-state index is 0.0265. The number of allylic oxidation sites excluding steroid dienone is 1. The summed E-state index contributed by atoms with van der Waals surface area (Å²) in [6.45, 7) is 27.5. The second kappa shape index (κ2) is 12.8. The monoisotopic (exact) mass is 628 g/mol. The van der Waals surface area contributed by atoms with E-state index in [0.29, 0.717) is 46.7 Å². The molecule has 5 aliphatic carbocycles. The Balaban J connectivity index is 1.15. The van der Waals surface area contributed by atoms with Crippen LogP contribution in [-0.4, -0.2) is 85.3 Å². The van der Waals surface area contributed by atoms with Crippen LogP contribution in [0.5, 0.6) is 0 Å². The third-order valence-corrected chi connectivity index (χ3v) is 16.3. The van der Waals surface area contributed by atoms with Gasteiger partial charge in [-0.3, -0.25) is 10.3 Å². The molecule has 6 rings (SSSR count). The minimum atomic E-state index is -0.147. The Morgan fingerprint density at radius 2 is 1.60 bits per heavy atom. The quantitative estimate of drug-likeness (QED) is 0.189. The summed E-state index contributed by atoms with van der Waals surface area (Å²) >= 11 is 0. The van der Waals surface area contributed by atoms with Gasteiger partial charge >= 0.3 is 0 Å². The highest BCUT2D eigenvalue weighted by Gasteiger charge is 2.70. The van der Waals surface area contributed by atoms with E-state index in [1.807, 2.05) is 0 Å². The van der Waals surface area contributed by atoms with Crippen LogP contribution in [0.2, 0.25) is 0 Å². The second-order valence-corrected chi connectivity index (χ2v) is 18.2. The van der Waals surface area contributed by atoms with Gasteiger partial charge < -0.3 is 14.9 Å². The minimum Gasteiger partial charge on any atom is -0.394 e. The van der Waals surface area contributed by atoms with Crippen molar-refractivity contribution in [1.82, 2.24) is 15.3 Å². The molecule has 0 amide bonds. The van der Waals surface area contributed by atoms with E-state index in [2.05, 4.69) is 63.5 Å². The molecular formula is C39H69N3O3. The van der Waals surface area contributed by atoms with E-state index in [1.54, 1.807) is 0 Å². The molecule has 1 saturated heterocycles. The van der Waals surface area contributed by atoms with Gasteiger partial charge in [-0.05, 0) is 134 Å². The van der Waals surface area contributed by atoms with Crippen LogP contribution in [0, 0.1) is 56.7 Å². The Morgan fingerprint density at radius 1 is 0.844 bits per heavy atom. The van der Waals surface area contributed by atoms with Gasteiger partial charge in [0.05, 0.1) is 25.9 Å². The molecule has 1 heterocycles. The van der Waals surface area contributed by atoms with Crippen molar-refractivity contribution < 1.29 is 14.9 Å². The molecular weight excluding hydrogens is 558 g/mol. The van der Waals surface area contributed by atoms with Gasteiger partial charge in [0.1, 0.15) is 0 Å². The van der Waals surface area contributed by atoms with E-state index < -0.39 is 0 Å². The molecule has 6 aliphatic rings. The summed E-state index contributed by atoms with van der Waals surface area (Å²) in [4.78, 5) is 2.49. The summed E-state index contributed by atoms with van der Waals surface area (Å²) < 4.78 is 5.49. The van der Waals surface area contributed by atoms with E-state index >= 15 is 0 Å². The van der Waals surface area contributed by atoms with Gasteiger partial charge in [0.15, 0.2) is 0 Å². The zero-order valence-electron chi connectivity index (χ0n) is 30.0. The zero-order valence-corrected chi connectivity index (χ0v) is 30.0. The lowest BCUT2D eigenvalue weighted by Gasteiger charge is -2.73. The van der Waals surface area contributed by atoms with Crippen molar-refractivity contribution in [1.29, 1.82) is 0 Å². The first kappa shape index (κ1) is 34.4. The molecule has 10 atom stereocenters. The van der Waals surface area contributed by atoms with Crippen molar-refractivity contribution in [3.63, 3.8) is 0 Å². The lowest BCUT2D eigenvalue weighted by Crippen LogP contribution is -2.66. The molecule has 45 heavy (non-hydrogen) atoms. The Morgan fingerprint density at radius 3 is 2.31 bits per heavy atom. The van der Waals surface area contributed by atoms with Gasteiger partial charge in [-0.1, -0.05) is 46.8 Å². The fraction of sp³-hybridized carbons (Fsp3) is 0.949. The molecule has 258 valence electrons. The smallest absolute Gasteiger partial charge is 0.0698 e. The van der Waals surface area contributed by atoms with Gasteiger partial charge in [-0.15, -0.1) is 0 Å². The second-order valence-electron chi connectivity index (χ2n) is 18.2. The molecule has 6 fully saturated rings. The maximum Gasteiger partial charge on any atom is 0.0698 e. The number of ether oxygens (including phenoxy) is 1. The van der Waals surface area contributed by atoms with Gasteiger partial charge in [0.2, 0.25) is 0 Å². The molecule has 3 N–H and O–H groups in total. The first-order valence-electron chi connectivity index (χ1n) is 19.1. The number of hydrogen-bond donors (Lipinski definition) is 3. The van der Waals surface area contributed by atoms with Crippen LogP contribution in [-0.2, 0) is 4.74 Å². The van der Waals surface area contributed by atoms with Crippen LogP contribution in [0.15, 0.2) is 12.2 Å². The van der Waals surface area contributed by atoms with Crippen molar-refractivity contribution in [2.45, 2.75) is 118 Å². The predicted octanol–water partition coefficient (Wildman–Crippen LogP) is 6.53. The number of piperazine rings is 1. The summed E-state index contributed by atoms with van der Waals surface area (Å²) in [5.41, 5.74) is 6.95. The highest BCUT2D eigenvalue weighted by Crippen LogP contribution is 2.77. The summed E-state index contributed by atoms with van der Waals surface area (Å²) in [5, 5.41) is 22.5. The number of aliphatic hydroxyl groups is 2. The zero-order chi connectivity index (χ0) is 32.3. The summed E-state index contributed by atoms with van der Waals surface area (Å²) in [6, 6.07) is 0. The highest BCUT2D eigenvalue weighted by molar-refractivity contribution is 5.21. The number of rotatable bonds is 10. The number of nitrogens with one attached hydrogen (secondary N) is 1. The highest BCUT2D eigenvalue weighted by atomic mass is 16.5. The topological polar surface area (TPSA) is 68.2 Å². The SMILES string of the molecule is C=C(C)[C@@H]1CC[C@]2(CCNN3CCN(CCOCCO)CC3)CC[C@]3(C)[C@H](CC[C@@H]4[C@@]5(C)CC[C@H](O)C(C)(C)[C@@H]5CC[C@]43C)[C@@H]12. The van der Waals surface area contributed by atoms with Crippen LogP contribution in [0.4, 0.5) is 0 Å². The number of nitrogens with zero attached hydrogens (tertiary/aromatic N) is 2. The maximum absolute atomic E-state index is 11.1. The fourth-order valence-electron chi connectivity index (χ4n) is 13.7. The average Bonchev–Trinajstić information content (AvgIpc) is 3.39. The first-order valence-corrected chi connectivity index (χ1v) is 19.1. The third-order valence-electron chi connectivity index (χ3n) is 16.3. The van der Waals surface area contributed by atoms with Crippen molar-refractivity contribution >= 4 is 0 Å². The number of fused-ring (bicyclic) bond motifs is 7. The van der Waals surface area contributed by atoms with Gasteiger partial charge in [-0.25, -0.2) is 5.01 Å². The van der Waals surface area contributed by atoms with E-state index in [1.165, 1.54) is 69.8 Å². The summed E-state index contributed by atoms with van der Waals surface area (Å²) in [7, 11) is 0. The number of hydrazine groups is 1. The van der Waals surface area contributed by atoms with Crippen molar-refractivity contribution in [2.75, 3.05) is 59.1 Å². The molecule has 6 nitrogen and oxygen atoms in total. The predicted molar refractivity (Wildman–Crippen MR) is 184 cm³/mol. The molecule has 0 radical (unpaired) electrons. The lowest BCUT2D eigenvalue weighted by molar-refractivity contribution is -0.248. The van der Waals surface area contributed by atoms with Crippen LogP contribution in [0.3, 0.4) is 0 Å². The molecule has 0 aromatic rings. The number of hydrogen-bond acceptors (Lipinski definition) is 6. The molecule has 1 aliphatic heterocycles. The maximum atomic E-state index is 11.1. The van der Waals surface area contributed by atoms with Gasteiger partial charge in [-0.2, -0.15) is 0 Å². The average molecular weight is 628 g/mol. The van der Waals surface area contributed by atoms with Gasteiger partial charge in [0, 0.05) is 39.3 Å². The Hall–Kier alpha value is -0.500. The fourth-order valence-corrected chi connectivity index (χ4v) is 13.7. The van der Waals surface area contributed by atoms with E-state index in [9.17, 15) is 5.11 Å². The Kier molecular flexibility index (Phi) is 9.74. The van der Waals surface area contributed by atoms with Crippen molar-refractivity contribution in [2.24, 2.45) is 56.7 Å². The number of aliphatic hydroxyl groups excluding tert-OH is 2. The molecule has 5 saturated carbocycles. The summed E-state index contributed by atoms with van der Waals surface area (Å²) in [5.74, 6) is 3.67. The molecule has 0 bridgehead atoms. The largest absolute Gasteiger partial charge is 0.394 e. The standard InChI is InChI=1S/C39H69N3O3/c1-28(2)29-10-15-39(18-19-40-42-22-20-41(21-23-42)24-26-45-27-25-43)17-16-37(6)30(34(29)39)8-9-32-36(5)13-12-33(44)35(3,4)31(36)11-14-38(32,37)7/h29-34,40,43-44H,1,8-27H2,2-7H3/t29-,30+,31-,32+,33-,34+,36-,37+,38+,39+/m0/s1. The lowest BCUT2D eigenvalue weighted by atomic mass is 9.32. The molecule has 0 spiro atoms. The van der Waals surface area contributed by atoms with E-state index in [-0.39, 0.29) is 18.1 Å². The van der Waals surface area contributed by atoms with Crippen LogP contribution < -0.4 is 5.43 Å². The molecule has 6 heteroatoms. The van der Waals surface area contributed by atoms with Gasteiger partial charge in [0.25, 0.3) is 0 Å². The summed E-state index contributed by atoms with van der Waals surface area (Å²) in [6.07, 6.45) is 14.3. The van der Waals surface area contributed by atoms with Crippen molar-refractivity contribution in [3.05, 3.63) is 12.2 Å². The van der Waals surface area contributed by atoms with E-state index in [0.717, 1.165) is 63.4 Å². The Bertz CT molecular complexity index is 1060. The first-order chi connectivity index (χ1) is 21.3. The molecule has 0 unspecified atom stereocenters. The normalized spacial score (nSPS) is 46.6. The molecule has 0 aromatic heterocycles. The van der Waals surface area contributed by atoms with Crippen LogP contribution in [0.1, 0.15) is 112 Å². The molecule has 0 aromatic carbocycles. The van der Waals surface area contributed by atoms with Crippen LogP contribution >= 0.6 is 0 Å². The van der Waals surface area contributed by atoms with Crippen molar-refractivity contribution in [3.8, 4) is 0 Å².